The van der Waals surface area contributed by atoms with Gasteiger partial charge in [-0.05, 0) is 85.3 Å². The van der Waals surface area contributed by atoms with Crippen LogP contribution >= 0.6 is 0 Å². The minimum atomic E-state index is -0.294. The molecule has 2 unspecified atom stereocenters. The summed E-state index contributed by atoms with van der Waals surface area (Å²) in [7, 11) is 0. The number of fused-ring (bicyclic) bond motifs is 2. The van der Waals surface area contributed by atoms with E-state index in [1.165, 1.54) is 31.1 Å². The Morgan fingerprint density at radius 1 is 0.769 bits per heavy atom. The Balaban J connectivity index is 0.000000219. The third kappa shape index (κ3) is 8.70. The molecule has 39 heavy (non-hydrogen) atoms. The molecule has 2 N–H and O–H groups in total. The second-order valence-electron chi connectivity index (χ2n) is 12.6. The van der Waals surface area contributed by atoms with Crippen molar-refractivity contribution in [3.8, 4) is 11.3 Å². The zero-order chi connectivity index (χ0) is 27.1. The van der Waals surface area contributed by atoms with E-state index in [4.69, 9.17) is 0 Å². The number of nitrogens with zero attached hydrogens (tertiary/aromatic N) is 1. The van der Waals surface area contributed by atoms with Crippen molar-refractivity contribution in [3.05, 3.63) is 66.7 Å². The van der Waals surface area contributed by atoms with Crippen LogP contribution in [0, 0.1) is 41.6 Å². The van der Waals surface area contributed by atoms with Gasteiger partial charge in [-0.3, -0.25) is 4.98 Å². The Labute approximate surface area is 250 Å². The van der Waals surface area contributed by atoms with Crippen LogP contribution in [0.25, 0.3) is 22.2 Å². The van der Waals surface area contributed by atoms with E-state index in [0.29, 0.717) is 29.6 Å². The molecule has 3 aromatic rings. The Morgan fingerprint density at radius 3 is 1.92 bits per heavy atom. The minimum Gasteiger partial charge on any atom is -0.392 e. The molecule has 4 heteroatoms. The van der Waals surface area contributed by atoms with Gasteiger partial charge in [0.05, 0.1) is 17.7 Å². The number of pyridine rings is 1. The molecule has 2 aliphatic rings. The molecule has 2 aliphatic carbocycles. The molecule has 0 spiro atoms. The average molecular weight is 707 g/mol. The van der Waals surface area contributed by atoms with Crippen LogP contribution in [0.2, 0.25) is 0 Å². The van der Waals surface area contributed by atoms with E-state index in [-0.39, 0.29) is 38.2 Å². The van der Waals surface area contributed by atoms with E-state index >= 15 is 0 Å². The Hall–Kier alpha value is -1.58. The van der Waals surface area contributed by atoms with Crippen molar-refractivity contribution in [2.24, 2.45) is 35.5 Å². The van der Waals surface area contributed by atoms with Gasteiger partial charge in [0.25, 0.3) is 0 Å². The maximum Gasteiger partial charge on any atom is 0.0624 e. The first kappa shape index (κ1) is 31.9. The fourth-order valence-electron chi connectivity index (χ4n) is 7.04. The molecule has 2 fully saturated rings. The first-order chi connectivity index (χ1) is 18.3. The molecule has 215 valence electrons. The van der Waals surface area contributed by atoms with E-state index in [2.05, 4.69) is 50.9 Å². The van der Waals surface area contributed by atoms with E-state index in [1.807, 2.05) is 48.5 Å². The minimum absolute atomic E-state index is 0. The van der Waals surface area contributed by atoms with E-state index in [0.717, 1.165) is 42.5 Å². The van der Waals surface area contributed by atoms with Gasteiger partial charge in [0.1, 0.15) is 0 Å². The number of benzene rings is 2. The number of aliphatic hydroxyl groups excluding tert-OH is 2. The molecule has 0 saturated heterocycles. The number of hydrogen-bond donors (Lipinski definition) is 2. The monoisotopic (exact) mass is 707 g/mol. The largest absolute Gasteiger partial charge is 0.392 e. The van der Waals surface area contributed by atoms with Gasteiger partial charge in [0, 0.05) is 26.0 Å². The number of rotatable bonds is 5. The van der Waals surface area contributed by atoms with Crippen molar-refractivity contribution in [1.29, 1.82) is 0 Å². The molecule has 2 aromatic carbocycles. The summed E-state index contributed by atoms with van der Waals surface area (Å²) in [5.74, 6) is 2.71. The third-order valence-electron chi connectivity index (χ3n) is 8.73. The zero-order valence-electron chi connectivity index (χ0n) is 24.2. The van der Waals surface area contributed by atoms with Crippen molar-refractivity contribution in [3.63, 3.8) is 0 Å². The van der Waals surface area contributed by atoms with E-state index in [9.17, 15) is 10.2 Å². The zero-order valence-corrected chi connectivity index (χ0v) is 26.6. The molecule has 1 aromatic heterocycles. The molecular formula is C35H48IrNO2-. The number of aromatic nitrogens is 1. The summed E-state index contributed by atoms with van der Waals surface area (Å²) in [4.78, 5) is 4.61. The van der Waals surface area contributed by atoms with Crippen LogP contribution in [-0.4, -0.2) is 27.4 Å². The van der Waals surface area contributed by atoms with Crippen LogP contribution in [0.4, 0.5) is 0 Å². The van der Waals surface area contributed by atoms with Gasteiger partial charge in [0.2, 0.25) is 0 Å². The second kappa shape index (κ2) is 15.4. The smallest absolute Gasteiger partial charge is 0.0624 e. The Morgan fingerprint density at radius 2 is 1.36 bits per heavy atom. The molecule has 1 radical (unpaired) electrons. The van der Waals surface area contributed by atoms with Gasteiger partial charge in [-0.1, -0.05) is 70.9 Å². The molecule has 4 atom stereocenters. The molecule has 0 aliphatic heterocycles. The molecule has 5 rings (SSSR count). The van der Waals surface area contributed by atoms with Crippen molar-refractivity contribution < 1.29 is 30.3 Å². The van der Waals surface area contributed by atoms with Crippen LogP contribution in [-0.2, 0) is 20.1 Å². The molecular weight excluding hydrogens is 659 g/mol. The fourth-order valence-corrected chi connectivity index (χ4v) is 7.04. The third-order valence-corrected chi connectivity index (χ3v) is 8.73. The standard InChI is InChI=1S/C20H38O2.C15H10N.Ir/c1-13(2)11-16-9-5-7-15-8-6-10-17(12-14(3)4)20(22)18(15)19(16)21;1-2-6-12(7-3-1)15-11-10-13-8-4-5-9-14(13)16-15;/h13-22H,5-12H2,1-4H3;1-6,8-11H;/q;-1;/t15?,16-,17-,18?,19?,20?;;/m1../s1. The van der Waals surface area contributed by atoms with Crippen LogP contribution < -0.4 is 0 Å². The molecule has 0 amide bonds. The summed E-state index contributed by atoms with van der Waals surface area (Å²) in [6.07, 6.45) is 8.80. The van der Waals surface area contributed by atoms with Crippen molar-refractivity contribution in [2.45, 2.75) is 91.3 Å². The van der Waals surface area contributed by atoms with Gasteiger partial charge in [0.15, 0.2) is 0 Å². The topological polar surface area (TPSA) is 53.4 Å². The van der Waals surface area contributed by atoms with E-state index in [1.54, 1.807) is 0 Å². The van der Waals surface area contributed by atoms with Gasteiger partial charge >= 0.3 is 0 Å². The second-order valence-corrected chi connectivity index (χ2v) is 12.6. The number of hydrogen-bond acceptors (Lipinski definition) is 3. The SMILES string of the molecule is CC(C)C[C@H]1CCCC2CCC[C@H](CC(C)C)C(O)C2C1O.[Ir].[c-]1ccccc1-c1ccc2ccccc2n1. The maximum atomic E-state index is 11.1. The summed E-state index contributed by atoms with van der Waals surface area (Å²) >= 11 is 0. The van der Waals surface area contributed by atoms with Crippen molar-refractivity contribution >= 4 is 10.9 Å². The average Bonchev–Trinajstić information content (AvgIpc) is 3.15. The van der Waals surface area contributed by atoms with E-state index < -0.39 is 0 Å². The first-order valence-electron chi connectivity index (χ1n) is 15.0. The summed E-state index contributed by atoms with van der Waals surface area (Å²) in [6.45, 7) is 9.00. The van der Waals surface area contributed by atoms with Gasteiger partial charge in [-0.2, -0.15) is 0 Å². The summed E-state index contributed by atoms with van der Waals surface area (Å²) < 4.78 is 0. The molecule has 1 heterocycles. The summed E-state index contributed by atoms with van der Waals surface area (Å²) in [6, 6.07) is 23.4. The predicted molar refractivity (Wildman–Crippen MR) is 159 cm³/mol. The molecule has 2 saturated carbocycles. The Bertz CT molecular complexity index is 1090. The molecule has 0 bridgehead atoms. The Kier molecular flexibility index (Phi) is 12.6. The fraction of sp³-hybridized carbons (Fsp3) is 0.571. The van der Waals surface area contributed by atoms with Gasteiger partial charge < -0.3 is 10.2 Å². The van der Waals surface area contributed by atoms with Crippen molar-refractivity contribution in [1.82, 2.24) is 4.98 Å². The van der Waals surface area contributed by atoms with Crippen LogP contribution in [0.15, 0.2) is 60.7 Å². The summed E-state index contributed by atoms with van der Waals surface area (Å²) in [5, 5.41) is 23.3. The number of para-hydroxylation sites is 1. The molecule has 3 nitrogen and oxygen atoms in total. The normalized spacial score (nSPS) is 27.1. The van der Waals surface area contributed by atoms with Crippen LogP contribution in [0.1, 0.15) is 79.1 Å². The summed E-state index contributed by atoms with van der Waals surface area (Å²) in [5.41, 5.74) is 3.03. The van der Waals surface area contributed by atoms with Crippen LogP contribution in [0.3, 0.4) is 0 Å². The quantitative estimate of drug-likeness (QED) is 0.263. The van der Waals surface area contributed by atoms with Crippen molar-refractivity contribution in [2.75, 3.05) is 0 Å². The predicted octanol–water partition coefficient (Wildman–Crippen LogP) is 8.33. The number of aliphatic hydroxyl groups is 2. The first-order valence-corrected chi connectivity index (χ1v) is 15.0. The van der Waals surface area contributed by atoms with Gasteiger partial charge in [-0.15, -0.1) is 35.9 Å². The maximum absolute atomic E-state index is 11.1. The van der Waals surface area contributed by atoms with Crippen LogP contribution in [0.5, 0.6) is 0 Å². The van der Waals surface area contributed by atoms with Gasteiger partial charge in [-0.25, -0.2) is 0 Å².